The maximum absolute atomic E-state index is 12.2. The van der Waals surface area contributed by atoms with Gasteiger partial charge in [-0.15, -0.1) is 0 Å². The average molecular weight is 318 g/mol. The average Bonchev–Trinajstić information content (AvgIpc) is 2.58. The third-order valence-corrected chi connectivity index (χ3v) is 3.67. The number of rotatable bonds is 10. The number of likely N-dealkylation sites (N-methyl/N-ethyl adjacent to an activating group) is 1. The van der Waals surface area contributed by atoms with Crippen LogP contribution in [0.15, 0.2) is 35.3 Å². The fourth-order valence-corrected chi connectivity index (χ4v) is 2.26. The normalized spacial score (nSPS) is 11.3. The molecule has 0 unspecified atom stereocenters. The summed E-state index contributed by atoms with van der Waals surface area (Å²) in [4.78, 5) is 18.2. The zero-order chi connectivity index (χ0) is 16.9. The number of guanidine groups is 1. The van der Waals surface area contributed by atoms with E-state index in [1.807, 2.05) is 37.3 Å². The fraction of sp³-hybridized carbons (Fsp3) is 0.556. The van der Waals surface area contributed by atoms with Gasteiger partial charge >= 0.3 is 0 Å². The molecule has 1 aromatic carbocycles. The molecule has 0 aliphatic carbocycles. The van der Waals surface area contributed by atoms with Crippen LogP contribution in [0, 0.1) is 0 Å². The van der Waals surface area contributed by atoms with E-state index in [2.05, 4.69) is 17.2 Å². The number of nitrogens with zero attached hydrogens (tertiary/aromatic N) is 2. The maximum Gasteiger partial charge on any atom is 0.244 e. The largest absolute Gasteiger partial charge is 0.370 e. The lowest BCUT2D eigenvalue weighted by molar-refractivity contribution is -0.130. The number of carbonyl (C=O) groups excluding carboxylic acids is 1. The van der Waals surface area contributed by atoms with E-state index in [-0.39, 0.29) is 12.5 Å². The highest BCUT2D eigenvalue weighted by Gasteiger charge is 2.11. The van der Waals surface area contributed by atoms with Gasteiger partial charge in [0, 0.05) is 19.6 Å². The predicted molar refractivity (Wildman–Crippen MR) is 96.2 cm³/mol. The Bertz CT molecular complexity index is 473. The van der Waals surface area contributed by atoms with Crippen molar-refractivity contribution in [2.24, 2.45) is 10.7 Å². The highest BCUT2D eigenvalue weighted by atomic mass is 16.2. The van der Waals surface area contributed by atoms with Crippen LogP contribution in [0.5, 0.6) is 0 Å². The third-order valence-electron chi connectivity index (χ3n) is 3.67. The molecule has 5 nitrogen and oxygen atoms in total. The van der Waals surface area contributed by atoms with Crippen molar-refractivity contribution >= 4 is 11.9 Å². The number of nitrogens with one attached hydrogen (secondary N) is 1. The second kappa shape index (κ2) is 11.5. The lowest BCUT2D eigenvalue weighted by Gasteiger charge is -2.20. The lowest BCUT2D eigenvalue weighted by atomic mass is 10.2. The third kappa shape index (κ3) is 8.24. The van der Waals surface area contributed by atoms with Crippen molar-refractivity contribution in [1.29, 1.82) is 0 Å². The van der Waals surface area contributed by atoms with E-state index in [0.29, 0.717) is 19.0 Å². The molecular formula is C18H30N4O. The Kier molecular flexibility index (Phi) is 9.52. The summed E-state index contributed by atoms with van der Waals surface area (Å²) in [5.74, 6) is 0.345. The molecule has 1 amide bonds. The first-order chi connectivity index (χ1) is 11.2. The van der Waals surface area contributed by atoms with Crippen molar-refractivity contribution in [3.63, 3.8) is 0 Å². The van der Waals surface area contributed by atoms with Crippen molar-refractivity contribution in [3.8, 4) is 0 Å². The van der Waals surface area contributed by atoms with E-state index >= 15 is 0 Å². The first-order valence-electron chi connectivity index (χ1n) is 8.52. The zero-order valence-corrected chi connectivity index (χ0v) is 14.4. The van der Waals surface area contributed by atoms with Gasteiger partial charge in [0.1, 0.15) is 6.54 Å². The number of hydrogen-bond acceptors (Lipinski definition) is 2. The minimum Gasteiger partial charge on any atom is -0.370 e. The van der Waals surface area contributed by atoms with Gasteiger partial charge in [-0.05, 0) is 18.9 Å². The van der Waals surface area contributed by atoms with Gasteiger partial charge in [0.25, 0.3) is 0 Å². The van der Waals surface area contributed by atoms with E-state index in [1.54, 1.807) is 4.90 Å². The van der Waals surface area contributed by atoms with Crippen LogP contribution in [0.25, 0.3) is 0 Å². The smallest absolute Gasteiger partial charge is 0.244 e. The van der Waals surface area contributed by atoms with E-state index in [9.17, 15) is 4.79 Å². The van der Waals surface area contributed by atoms with Crippen LogP contribution in [0.1, 0.15) is 45.1 Å². The predicted octanol–water partition coefficient (Wildman–Crippen LogP) is 2.52. The first-order valence-corrected chi connectivity index (χ1v) is 8.52. The standard InChI is InChI=1S/C18H30N4O/c1-3-5-6-10-13-20-18(19)21-14-17(23)22(4-2)15-16-11-8-7-9-12-16/h7-9,11-12H,3-6,10,13-15H2,1-2H3,(H3,19,20,21). The topological polar surface area (TPSA) is 70.7 Å². The number of unbranched alkanes of at least 4 members (excludes halogenated alkanes) is 3. The molecule has 23 heavy (non-hydrogen) atoms. The molecule has 1 rings (SSSR count). The SMILES string of the molecule is CCCCCCNC(N)=NCC(=O)N(CC)Cc1ccccc1. The molecular weight excluding hydrogens is 288 g/mol. The Balaban J connectivity index is 2.35. The Morgan fingerprint density at radius 3 is 2.57 bits per heavy atom. The molecule has 0 fully saturated rings. The summed E-state index contributed by atoms with van der Waals surface area (Å²) < 4.78 is 0. The summed E-state index contributed by atoms with van der Waals surface area (Å²) in [5, 5.41) is 3.06. The van der Waals surface area contributed by atoms with Crippen LogP contribution in [0.2, 0.25) is 0 Å². The van der Waals surface area contributed by atoms with Crippen LogP contribution in [-0.2, 0) is 11.3 Å². The molecule has 1 aromatic rings. The van der Waals surface area contributed by atoms with Gasteiger partial charge in [-0.25, -0.2) is 4.99 Å². The Hall–Kier alpha value is -2.04. The summed E-state index contributed by atoms with van der Waals surface area (Å²) in [7, 11) is 0. The van der Waals surface area contributed by atoms with Gasteiger partial charge in [0.2, 0.25) is 5.91 Å². The van der Waals surface area contributed by atoms with Gasteiger partial charge in [0.05, 0.1) is 0 Å². The molecule has 0 heterocycles. The quantitative estimate of drug-likeness (QED) is 0.395. The lowest BCUT2D eigenvalue weighted by Crippen LogP contribution is -2.36. The van der Waals surface area contributed by atoms with Crippen LogP contribution in [-0.4, -0.2) is 36.4 Å². The molecule has 0 aromatic heterocycles. The van der Waals surface area contributed by atoms with E-state index < -0.39 is 0 Å². The molecule has 0 aliphatic heterocycles. The van der Waals surface area contributed by atoms with Gasteiger partial charge in [0.15, 0.2) is 5.96 Å². The second-order valence-electron chi connectivity index (χ2n) is 5.58. The summed E-state index contributed by atoms with van der Waals surface area (Å²) in [6.45, 7) is 6.33. The zero-order valence-electron chi connectivity index (χ0n) is 14.4. The molecule has 5 heteroatoms. The van der Waals surface area contributed by atoms with Crippen molar-refractivity contribution in [1.82, 2.24) is 10.2 Å². The number of aliphatic imine (C=N–C) groups is 1. The number of benzene rings is 1. The van der Waals surface area contributed by atoms with Gasteiger partial charge in [-0.3, -0.25) is 4.79 Å². The molecule has 0 saturated carbocycles. The van der Waals surface area contributed by atoms with Crippen LogP contribution in [0.4, 0.5) is 0 Å². The Morgan fingerprint density at radius 1 is 1.17 bits per heavy atom. The minimum atomic E-state index is -0.00733. The van der Waals surface area contributed by atoms with E-state index in [4.69, 9.17) is 5.73 Å². The van der Waals surface area contributed by atoms with Gasteiger partial charge in [-0.1, -0.05) is 56.5 Å². The summed E-state index contributed by atoms with van der Waals surface area (Å²) >= 11 is 0. The molecule has 0 saturated heterocycles. The number of nitrogens with two attached hydrogens (primary N) is 1. The summed E-state index contributed by atoms with van der Waals surface area (Å²) in [6.07, 6.45) is 4.72. The highest BCUT2D eigenvalue weighted by Crippen LogP contribution is 2.04. The molecule has 128 valence electrons. The Morgan fingerprint density at radius 2 is 1.91 bits per heavy atom. The summed E-state index contributed by atoms with van der Waals surface area (Å²) in [6, 6.07) is 9.97. The number of carbonyl (C=O) groups is 1. The maximum atomic E-state index is 12.2. The minimum absolute atomic E-state index is 0.00733. The summed E-state index contributed by atoms with van der Waals surface area (Å²) in [5.41, 5.74) is 6.92. The van der Waals surface area contributed by atoms with Crippen LogP contribution >= 0.6 is 0 Å². The van der Waals surface area contributed by atoms with Gasteiger partial charge in [-0.2, -0.15) is 0 Å². The fourth-order valence-electron chi connectivity index (χ4n) is 2.26. The van der Waals surface area contributed by atoms with Crippen molar-refractivity contribution < 1.29 is 4.79 Å². The molecule has 0 spiro atoms. The van der Waals surface area contributed by atoms with Gasteiger partial charge < -0.3 is 16.0 Å². The molecule has 0 atom stereocenters. The number of amides is 1. The molecule has 3 N–H and O–H groups in total. The van der Waals surface area contributed by atoms with Crippen molar-refractivity contribution in [2.75, 3.05) is 19.6 Å². The van der Waals surface area contributed by atoms with Crippen molar-refractivity contribution in [3.05, 3.63) is 35.9 Å². The highest BCUT2D eigenvalue weighted by molar-refractivity contribution is 5.84. The van der Waals surface area contributed by atoms with E-state index in [0.717, 1.165) is 18.5 Å². The monoisotopic (exact) mass is 318 g/mol. The van der Waals surface area contributed by atoms with Crippen LogP contribution < -0.4 is 11.1 Å². The molecule has 0 bridgehead atoms. The van der Waals surface area contributed by atoms with Crippen molar-refractivity contribution in [2.45, 2.75) is 46.1 Å². The Labute approximate surface area is 140 Å². The number of hydrogen-bond donors (Lipinski definition) is 2. The van der Waals surface area contributed by atoms with Crippen LogP contribution in [0.3, 0.4) is 0 Å². The second-order valence-corrected chi connectivity index (χ2v) is 5.58. The van der Waals surface area contributed by atoms with E-state index in [1.165, 1.54) is 19.3 Å². The molecule has 0 radical (unpaired) electrons. The first kappa shape index (κ1) is 19.0. The molecule has 0 aliphatic rings.